The van der Waals surface area contributed by atoms with Gasteiger partial charge < -0.3 is 19.5 Å². The van der Waals surface area contributed by atoms with E-state index in [1.165, 1.54) is 37.7 Å². The number of nitrogens with zero attached hydrogens (tertiary/aromatic N) is 2. The summed E-state index contributed by atoms with van der Waals surface area (Å²) in [5, 5.41) is 5.25. The fourth-order valence-corrected chi connectivity index (χ4v) is 3.76. The molecule has 0 saturated carbocycles. The number of hydrogen-bond donors (Lipinski definition) is 2. The number of hydrogen-bond acceptors (Lipinski definition) is 7. The van der Waals surface area contributed by atoms with Crippen molar-refractivity contribution < 1.29 is 41.4 Å². The van der Waals surface area contributed by atoms with Crippen molar-refractivity contribution in [1.82, 2.24) is 15.3 Å². The van der Waals surface area contributed by atoms with Gasteiger partial charge in [0.2, 0.25) is 0 Å². The van der Waals surface area contributed by atoms with Crippen molar-refractivity contribution in [1.29, 1.82) is 0 Å². The zero-order valence-corrected chi connectivity index (χ0v) is 18.6. The first-order chi connectivity index (χ1) is 17.1. The van der Waals surface area contributed by atoms with Crippen molar-refractivity contribution in [3.8, 4) is 11.5 Å². The molecule has 2 amide bonds. The number of carbonyl (C=O) groups is 2. The number of methoxy groups -OCH3 is 1. The van der Waals surface area contributed by atoms with Crippen LogP contribution in [0.25, 0.3) is 0 Å². The Morgan fingerprint density at radius 1 is 1.14 bits per heavy atom. The van der Waals surface area contributed by atoms with Crippen LogP contribution < -0.4 is 20.1 Å². The number of halogens is 4. The van der Waals surface area contributed by atoms with Crippen molar-refractivity contribution in [2.24, 2.45) is 0 Å². The number of amides is 2. The van der Waals surface area contributed by atoms with Gasteiger partial charge in [0.15, 0.2) is 11.6 Å². The second kappa shape index (κ2) is 9.68. The highest BCUT2D eigenvalue weighted by Gasteiger charge is 2.43. The number of aromatic nitrogens is 2. The van der Waals surface area contributed by atoms with Gasteiger partial charge in [-0.15, -0.1) is 13.2 Å². The van der Waals surface area contributed by atoms with Gasteiger partial charge in [-0.2, -0.15) is 0 Å². The van der Waals surface area contributed by atoms with E-state index in [0.29, 0.717) is 5.75 Å². The molecule has 0 saturated heterocycles. The molecule has 2 N–H and O–H groups in total. The van der Waals surface area contributed by atoms with E-state index in [9.17, 15) is 27.2 Å². The van der Waals surface area contributed by atoms with Crippen LogP contribution in [-0.2, 0) is 10.3 Å². The lowest BCUT2D eigenvalue weighted by molar-refractivity contribution is -0.275. The third kappa shape index (κ3) is 5.14. The molecule has 4 rings (SSSR count). The fourth-order valence-electron chi connectivity index (χ4n) is 3.76. The van der Waals surface area contributed by atoms with E-state index in [0.717, 1.165) is 12.1 Å². The maximum atomic E-state index is 14.6. The van der Waals surface area contributed by atoms with Gasteiger partial charge in [0, 0.05) is 18.8 Å². The molecule has 0 radical (unpaired) electrons. The molecule has 2 aromatic heterocycles. The Morgan fingerprint density at radius 3 is 2.61 bits per heavy atom. The Kier molecular flexibility index (Phi) is 6.64. The predicted octanol–water partition coefficient (Wildman–Crippen LogP) is 4.15. The summed E-state index contributed by atoms with van der Waals surface area (Å²) in [6, 6.07) is 8.06. The Balaban J connectivity index is 1.68. The Morgan fingerprint density at radius 2 is 1.94 bits per heavy atom. The first-order valence-electron chi connectivity index (χ1n) is 10.4. The maximum absolute atomic E-state index is 14.6. The quantitative estimate of drug-likeness (QED) is 0.395. The molecule has 0 spiro atoms. The van der Waals surface area contributed by atoms with Crippen LogP contribution >= 0.6 is 0 Å². The number of esters is 1. The molecule has 1 aliphatic heterocycles. The zero-order chi connectivity index (χ0) is 25.9. The monoisotopic (exact) mass is 506 g/mol. The highest BCUT2D eigenvalue weighted by Crippen LogP contribution is 2.41. The summed E-state index contributed by atoms with van der Waals surface area (Å²) in [6.45, 7) is 0.0907. The van der Waals surface area contributed by atoms with Gasteiger partial charge in [-0.3, -0.25) is 10.3 Å². The lowest BCUT2D eigenvalue weighted by Gasteiger charge is -2.38. The first-order valence-corrected chi connectivity index (χ1v) is 10.4. The van der Waals surface area contributed by atoms with Crippen LogP contribution in [0.3, 0.4) is 0 Å². The molecule has 36 heavy (non-hydrogen) atoms. The molecular formula is C23H18F4N4O5. The van der Waals surface area contributed by atoms with Crippen LogP contribution in [0.2, 0.25) is 0 Å². The van der Waals surface area contributed by atoms with Crippen molar-refractivity contribution in [2.45, 2.75) is 18.3 Å². The zero-order valence-electron chi connectivity index (χ0n) is 18.6. The second-order valence-corrected chi connectivity index (χ2v) is 7.55. The molecule has 1 atom stereocenters. The van der Waals surface area contributed by atoms with Gasteiger partial charge in [0.05, 0.1) is 19.3 Å². The normalized spacial score (nSPS) is 16.8. The molecule has 1 aromatic carbocycles. The molecule has 9 nitrogen and oxygen atoms in total. The Hall–Kier alpha value is -4.42. The Bertz CT molecular complexity index is 1290. The molecule has 0 fully saturated rings. The number of ether oxygens (including phenoxy) is 3. The van der Waals surface area contributed by atoms with Gasteiger partial charge in [0.1, 0.15) is 22.8 Å². The fraction of sp³-hybridized carbons (Fsp3) is 0.217. The SMILES string of the molecule is COC(=O)c1ccc(NC(=O)N[C@]2(c3ccc(OC(F)(F)F)c(F)c3)CCOc3cccnc32)nc1. The number of carbonyl (C=O) groups excluding carboxylic acids is 2. The van der Waals surface area contributed by atoms with Crippen molar-refractivity contribution >= 4 is 17.8 Å². The number of urea groups is 1. The molecule has 188 valence electrons. The highest BCUT2D eigenvalue weighted by molar-refractivity contribution is 5.91. The van der Waals surface area contributed by atoms with E-state index in [4.69, 9.17) is 4.74 Å². The number of anilines is 1. The molecule has 13 heteroatoms. The van der Waals surface area contributed by atoms with E-state index in [1.54, 1.807) is 12.1 Å². The third-order valence-corrected chi connectivity index (χ3v) is 5.31. The number of rotatable bonds is 5. The van der Waals surface area contributed by atoms with Crippen molar-refractivity contribution in [2.75, 3.05) is 19.0 Å². The summed E-state index contributed by atoms with van der Waals surface area (Å²) in [4.78, 5) is 32.8. The molecule has 1 aliphatic rings. The Labute approximate surface area is 201 Å². The lowest BCUT2D eigenvalue weighted by Crippen LogP contribution is -2.51. The molecule has 3 aromatic rings. The van der Waals surface area contributed by atoms with E-state index >= 15 is 0 Å². The maximum Gasteiger partial charge on any atom is 0.573 e. The van der Waals surface area contributed by atoms with Crippen LogP contribution in [0.5, 0.6) is 11.5 Å². The number of fused-ring (bicyclic) bond motifs is 1. The van der Waals surface area contributed by atoms with Gasteiger partial charge in [0.25, 0.3) is 0 Å². The van der Waals surface area contributed by atoms with Gasteiger partial charge in [-0.05, 0) is 42.0 Å². The summed E-state index contributed by atoms with van der Waals surface area (Å²) >= 11 is 0. The molecule has 3 heterocycles. The number of alkyl halides is 3. The largest absolute Gasteiger partial charge is 0.573 e. The third-order valence-electron chi connectivity index (χ3n) is 5.31. The van der Waals surface area contributed by atoms with E-state index in [2.05, 4.69) is 30.1 Å². The minimum Gasteiger partial charge on any atom is -0.491 e. The smallest absolute Gasteiger partial charge is 0.491 e. The lowest BCUT2D eigenvalue weighted by atomic mass is 9.81. The predicted molar refractivity (Wildman–Crippen MR) is 116 cm³/mol. The average Bonchev–Trinajstić information content (AvgIpc) is 2.84. The minimum atomic E-state index is -5.08. The molecule has 0 bridgehead atoms. The van der Waals surface area contributed by atoms with Gasteiger partial charge in [-0.1, -0.05) is 6.07 Å². The summed E-state index contributed by atoms with van der Waals surface area (Å²) in [5.74, 6) is -2.52. The topological polar surface area (TPSA) is 112 Å². The summed E-state index contributed by atoms with van der Waals surface area (Å²) in [7, 11) is 1.21. The van der Waals surface area contributed by atoms with Crippen LogP contribution in [0.4, 0.5) is 28.2 Å². The van der Waals surface area contributed by atoms with Crippen LogP contribution in [-0.4, -0.2) is 42.0 Å². The number of pyridine rings is 2. The summed E-state index contributed by atoms with van der Waals surface area (Å²) in [6.07, 6.45) is -2.36. The van der Waals surface area contributed by atoms with Gasteiger partial charge in [-0.25, -0.2) is 19.0 Å². The van der Waals surface area contributed by atoms with Crippen LogP contribution in [0, 0.1) is 5.82 Å². The minimum absolute atomic E-state index is 0.0814. The molecule has 0 aliphatic carbocycles. The van der Waals surface area contributed by atoms with Gasteiger partial charge >= 0.3 is 18.4 Å². The van der Waals surface area contributed by atoms with E-state index in [-0.39, 0.29) is 35.7 Å². The number of nitrogens with one attached hydrogen (secondary N) is 2. The highest BCUT2D eigenvalue weighted by atomic mass is 19.4. The van der Waals surface area contributed by atoms with Crippen molar-refractivity contribution in [3.05, 3.63) is 77.5 Å². The van der Waals surface area contributed by atoms with E-state index in [1.807, 2.05) is 0 Å². The summed E-state index contributed by atoms with van der Waals surface area (Å²) in [5.41, 5.74) is -0.965. The summed E-state index contributed by atoms with van der Waals surface area (Å²) < 4.78 is 66.4. The molecule has 0 unspecified atom stereocenters. The molecular weight excluding hydrogens is 488 g/mol. The van der Waals surface area contributed by atoms with E-state index < -0.39 is 35.5 Å². The van der Waals surface area contributed by atoms with Crippen molar-refractivity contribution in [3.63, 3.8) is 0 Å². The van der Waals surface area contributed by atoms with Crippen LogP contribution in [0.15, 0.2) is 54.9 Å². The number of benzene rings is 1. The first kappa shape index (κ1) is 24.7. The second-order valence-electron chi connectivity index (χ2n) is 7.55. The van der Waals surface area contributed by atoms with Crippen LogP contribution in [0.1, 0.15) is 28.0 Å². The standard InChI is InChI=1S/C23H18F4N4O5/c1-34-20(32)13-4-7-18(29-12-13)30-21(33)31-22(8-10-35-17-3-2-9-28-19(17)22)14-5-6-16(15(24)11-14)36-23(25,26)27/h2-7,9,11-12H,8,10H2,1H3,(H2,29,30,31,33)/t22-/m0/s1. The average molecular weight is 506 g/mol.